The first-order valence-corrected chi connectivity index (χ1v) is 7.50. The predicted molar refractivity (Wildman–Crippen MR) is 76.1 cm³/mol. The predicted octanol–water partition coefficient (Wildman–Crippen LogP) is 1.86. The summed E-state index contributed by atoms with van der Waals surface area (Å²) in [6.45, 7) is 2.81. The number of alkyl halides is 3. The summed E-state index contributed by atoms with van der Waals surface area (Å²) in [4.78, 5) is 15.3. The van der Waals surface area contributed by atoms with Crippen LogP contribution in [0.1, 0.15) is 32.1 Å². The van der Waals surface area contributed by atoms with Gasteiger partial charge in [0.2, 0.25) is 5.91 Å². The van der Waals surface area contributed by atoms with Crippen molar-refractivity contribution in [2.24, 2.45) is 0 Å². The number of nitrogens with zero attached hydrogens (tertiary/aromatic N) is 2. The van der Waals surface area contributed by atoms with Crippen molar-refractivity contribution >= 4 is 5.91 Å². The van der Waals surface area contributed by atoms with Gasteiger partial charge in [0.15, 0.2) is 0 Å². The number of nitrogens with one attached hydrogen (secondary N) is 1. The van der Waals surface area contributed by atoms with Gasteiger partial charge in [0.1, 0.15) is 0 Å². The van der Waals surface area contributed by atoms with Crippen molar-refractivity contribution in [1.29, 1.82) is 0 Å². The molecule has 4 nitrogen and oxygen atoms in total. The molecule has 1 amide bonds. The van der Waals surface area contributed by atoms with Gasteiger partial charge in [-0.15, -0.1) is 0 Å². The van der Waals surface area contributed by atoms with Gasteiger partial charge in [-0.3, -0.25) is 9.69 Å². The molecule has 0 atom stereocenters. The number of unbranched alkanes of at least 4 members (excludes halogenated alkanes) is 1. The van der Waals surface area contributed by atoms with E-state index >= 15 is 0 Å². The van der Waals surface area contributed by atoms with Crippen LogP contribution >= 0.6 is 0 Å². The number of likely N-dealkylation sites (N-methyl/N-ethyl adjacent to an activating group) is 1. The number of hydrogen-bond acceptors (Lipinski definition) is 3. The molecule has 0 aliphatic carbocycles. The summed E-state index contributed by atoms with van der Waals surface area (Å²) in [7, 11) is 3.50. The Morgan fingerprint density at radius 1 is 1.24 bits per heavy atom. The number of likely N-dealkylation sites (tertiary alicyclic amines) is 1. The number of piperidine rings is 1. The van der Waals surface area contributed by atoms with Crippen molar-refractivity contribution in [3.05, 3.63) is 0 Å². The first-order chi connectivity index (χ1) is 9.78. The topological polar surface area (TPSA) is 35.6 Å². The van der Waals surface area contributed by atoms with Gasteiger partial charge in [-0.2, -0.15) is 13.2 Å². The molecule has 1 aliphatic heterocycles. The summed E-state index contributed by atoms with van der Waals surface area (Å²) in [5.41, 5.74) is 0. The van der Waals surface area contributed by atoms with Gasteiger partial charge in [-0.05, 0) is 32.2 Å². The zero-order valence-corrected chi connectivity index (χ0v) is 12.9. The lowest BCUT2D eigenvalue weighted by Crippen LogP contribution is -2.46. The van der Waals surface area contributed by atoms with Gasteiger partial charge in [-0.25, -0.2) is 0 Å². The Balaban J connectivity index is 2.07. The van der Waals surface area contributed by atoms with Crippen molar-refractivity contribution in [2.75, 3.05) is 40.3 Å². The van der Waals surface area contributed by atoms with E-state index in [-0.39, 0.29) is 12.3 Å². The molecule has 7 heteroatoms. The first-order valence-electron chi connectivity index (χ1n) is 7.50. The van der Waals surface area contributed by atoms with Crippen LogP contribution in [0.2, 0.25) is 0 Å². The SMILES string of the molecule is CN(C)C(=O)CN1CCC(NCCCCC(F)(F)F)CC1. The lowest BCUT2D eigenvalue weighted by Gasteiger charge is -2.32. The van der Waals surface area contributed by atoms with E-state index in [1.807, 2.05) is 0 Å². The molecule has 0 bridgehead atoms. The third-order valence-corrected chi connectivity index (χ3v) is 3.77. The number of amides is 1. The molecule has 124 valence electrons. The molecule has 0 saturated carbocycles. The van der Waals surface area contributed by atoms with E-state index in [1.54, 1.807) is 19.0 Å². The molecule has 0 aromatic heterocycles. The van der Waals surface area contributed by atoms with E-state index in [0.29, 0.717) is 25.6 Å². The van der Waals surface area contributed by atoms with Crippen molar-refractivity contribution in [1.82, 2.24) is 15.1 Å². The summed E-state index contributed by atoms with van der Waals surface area (Å²) < 4.78 is 36.0. The number of hydrogen-bond donors (Lipinski definition) is 1. The summed E-state index contributed by atoms with van der Waals surface area (Å²) in [5, 5.41) is 3.32. The Morgan fingerprint density at radius 2 is 1.86 bits per heavy atom. The largest absolute Gasteiger partial charge is 0.389 e. The van der Waals surface area contributed by atoms with Crippen LogP contribution in [0.5, 0.6) is 0 Å². The molecule has 0 aromatic carbocycles. The van der Waals surface area contributed by atoms with E-state index in [9.17, 15) is 18.0 Å². The molecule has 0 aromatic rings. The monoisotopic (exact) mass is 309 g/mol. The third kappa shape index (κ3) is 8.26. The minimum absolute atomic E-state index is 0.105. The van der Waals surface area contributed by atoms with Gasteiger partial charge in [0.25, 0.3) is 0 Å². The van der Waals surface area contributed by atoms with Crippen molar-refractivity contribution in [2.45, 2.75) is 44.3 Å². The van der Waals surface area contributed by atoms with Gasteiger partial charge in [-0.1, -0.05) is 0 Å². The molecule has 0 radical (unpaired) electrons. The number of rotatable bonds is 7. The maximum Gasteiger partial charge on any atom is 0.389 e. The van der Waals surface area contributed by atoms with Crippen molar-refractivity contribution in [3.63, 3.8) is 0 Å². The maximum atomic E-state index is 12.0. The molecule has 1 N–H and O–H groups in total. The molecule has 21 heavy (non-hydrogen) atoms. The van der Waals surface area contributed by atoms with Gasteiger partial charge in [0.05, 0.1) is 6.54 Å². The fourth-order valence-corrected chi connectivity index (χ4v) is 2.38. The summed E-state index contributed by atoms with van der Waals surface area (Å²) in [6.07, 6.45) is -2.10. The average molecular weight is 309 g/mol. The fraction of sp³-hybridized carbons (Fsp3) is 0.929. The lowest BCUT2D eigenvalue weighted by atomic mass is 10.0. The molecular weight excluding hydrogens is 283 g/mol. The smallest absolute Gasteiger partial charge is 0.348 e. The highest BCUT2D eigenvalue weighted by molar-refractivity contribution is 5.77. The first kappa shape index (κ1) is 18.2. The molecular formula is C14H26F3N3O. The van der Waals surface area contributed by atoms with Crippen LogP contribution in [0.4, 0.5) is 13.2 Å². The average Bonchev–Trinajstić information content (AvgIpc) is 2.38. The Bertz CT molecular complexity index is 313. The van der Waals surface area contributed by atoms with Crippen LogP contribution in [0.15, 0.2) is 0 Å². The van der Waals surface area contributed by atoms with E-state index in [0.717, 1.165) is 25.9 Å². The molecule has 1 saturated heterocycles. The summed E-state index contributed by atoms with van der Waals surface area (Å²) in [5.74, 6) is 0.105. The Morgan fingerprint density at radius 3 is 2.38 bits per heavy atom. The number of halogens is 3. The van der Waals surface area contributed by atoms with Crippen LogP contribution in [0.25, 0.3) is 0 Å². The van der Waals surface area contributed by atoms with E-state index in [4.69, 9.17) is 0 Å². The van der Waals surface area contributed by atoms with Crippen LogP contribution in [0, 0.1) is 0 Å². The van der Waals surface area contributed by atoms with Crippen LogP contribution in [-0.2, 0) is 4.79 Å². The van der Waals surface area contributed by atoms with E-state index in [2.05, 4.69) is 10.2 Å². The van der Waals surface area contributed by atoms with E-state index < -0.39 is 12.6 Å². The molecule has 0 spiro atoms. The fourth-order valence-electron chi connectivity index (χ4n) is 2.38. The van der Waals surface area contributed by atoms with E-state index in [1.165, 1.54) is 0 Å². The lowest BCUT2D eigenvalue weighted by molar-refractivity contribution is -0.135. The normalized spacial score (nSPS) is 18.0. The minimum Gasteiger partial charge on any atom is -0.348 e. The second kappa shape index (κ2) is 8.58. The standard InChI is InChI=1S/C14H26F3N3O/c1-19(2)13(21)11-20-9-5-12(6-10-20)18-8-4-3-7-14(15,16)17/h12,18H,3-11H2,1-2H3. The molecule has 1 fully saturated rings. The molecule has 1 rings (SSSR count). The molecule has 0 unspecified atom stereocenters. The number of carbonyl (C=O) groups excluding carboxylic acids is 1. The highest BCUT2D eigenvalue weighted by Gasteiger charge is 2.26. The summed E-state index contributed by atoms with van der Waals surface area (Å²) >= 11 is 0. The molecule has 1 aliphatic rings. The minimum atomic E-state index is -4.04. The number of carbonyl (C=O) groups is 1. The zero-order chi connectivity index (χ0) is 15.9. The zero-order valence-electron chi connectivity index (χ0n) is 12.9. The highest BCUT2D eigenvalue weighted by Crippen LogP contribution is 2.22. The van der Waals surface area contributed by atoms with Crippen LogP contribution < -0.4 is 5.32 Å². The van der Waals surface area contributed by atoms with Crippen LogP contribution in [-0.4, -0.2) is 68.2 Å². The Kier molecular flexibility index (Phi) is 7.45. The quantitative estimate of drug-likeness (QED) is 0.729. The second-order valence-corrected chi connectivity index (χ2v) is 5.86. The van der Waals surface area contributed by atoms with Crippen LogP contribution in [0.3, 0.4) is 0 Å². The molecule has 1 heterocycles. The van der Waals surface area contributed by atoms with Crippen molar-refractivity contribution in [3.8, 4) is 0 Å². The van der Waals surface area contributed by atoms with Crippen molar-refractivity contribution < 1.29 is 18.0 Å². The Hall–Kier alpha value is -0.820. The Labute approximate surface area is 124 Å². The second-order valence-electron chi connectivity index (χ2n) is 5.86. The third-order valence-electron chi connectivity index (χ3n) is 3.77. The summed E-state index contributed by atoms with van der Waals surface area (Å²) in [6, 6.07) is 0.363. The maximum absolute atomic E-state index is 12.0. The highest BCUT2D eigenvalue weighted by atomic mass is 19.4. The van der Waals surface area contributed by atoms with Gasteiger partial charge >= 0.3 is 6.18 Å². The van der Waals surface area contributed by atoms with Gasteiger partial charge in [0, 0.05) is 39.6 Å². The van der Waals surface area contributed by atoms with Gasteiger partial charge < -0.3 is 10.2 Å².